The molecule has 2 heterocycles. The number of rotatable bonds is 2. The van der Waals surface area contributed by atoms with Gasteiger partial charge in [-0.3, -0.25) is 0 Å². The van der Waals surface area contributed by atoms with Gasteiger partial charge in [0.25, 0.3) is 0 Å². The molecule has 0 unspecified atom stereocenters. The smallest absolute Gasteiger partial charge is 0.342 e. The van der Waals surface area contributed by atoms with Crippen LogP contribution in [0, 0.1) is 5.92 Å². The molecule has 19 heavy (non-hydrogen) atoms. The molecule has 0 aromatic carbocycles. The Hall–Kier alpha value is -0.433. The van der Waals surface area contributed by atoms with E-state index >= 15 is 0 Å². The van der Waals surface area contributed by atoms with Gasteiger partial charge in [-0.25, -0.2) is 4.79 Å². The van der Waals surface area contributed by atoms with Crippen molar-refractivity contribution in [2.24, 2.45) is 5.92 Å². The van der Waals surface area contributed by atoms with Gasteiger partial charge in [-0.2, -0.15) is 0 Å². The van der Waals surface area contributed by atoms with Gasteiger partial charge in [0, 0.05) is 6.42 Å². The zero-order valence-electron chi connectivity index (χ0n) is 12.4. The highest BCUT2D eigenvalue weighted by molar-refractivity contribution is 6.69. The SMILES string of the molecule is C[C@@]12C[C@H]3[C@]1(O[Si](C)(C)C)O[C@@](C)(C(=O)O2)[C@@]3(C)O. The molecule has 0 amide bonds. The van der Waals surface area contributed by atoms with E-state index in [4.69, 9.17) is 13.9 Å². The van der Waals surface area contributed by atoms with Crippen molar-refractivity contribution in [1.29, 1.82) is 0 Å². The Labute approximate surface area is 114 Å². The number of hydrogen-bond donors (Lipinski definition) is 1. The van der Waals surface area contributed by atoms with E-state index in [9.17, 15) is 9.90 Å². The van der Waals surface area contributed by atoms with Crippen LogP contribution in [0.2, 0.25) is 19.6 Å². The van der Waals surface area contributed by atoms with Crippen LogP contribution in [0.3, 0.4) is 0 Å². The highest BCUT2D eigenvalue weighted by Gasteiger charge is 2.87. The molecule has 0 radical (unpaired) electrons. The number of carbonyl (C=O) groups is 1. The maximum absolute atomic E-state index is 12.2. The third kappa shape index (κ3) is 1.28. The largest absolute Gasteiger partial charge is 0.451 e. The molecule has 0 aromatic rings. The Morgan fingerprint density at radius 2 is 1.89 bits per heavy atom. The third-order valence-electron chi connectivity index (χ3n) is 4.95. The zero-order chi connectivity index (χ0) is 14.5. The number of carbonyl (C=O) groups excluding carboxylic acids is 1. The molecule has 1 saturated carbocycles. The Balaban J connectivity index is 2.11. The average molecular weight is 286 g/mol. The normalized spacial score (nSPS) is 55.7. The minimum atomic E-state index is -1.91. The van der Waals surface area contributed by atoms with Crippen molar-refractivity contribution in [2.75, 3.05) is 0 Å². The fourth-order valence-electron chi connectivity index (χ4n) is 3.71. The molecule has 5 nitrogen and oxygen atoms in total. The Kier molecular flexibility index (Phi) is 2.20. The van der Waals surface area contributed by atoms with Gasteiger partial charge in [-0.1, -0.05) is 0 Å². The van der Waals surface area contributed by atoms with Gasteiger partial charge in [0.2, 0.25) is 5.79 Å². The van der Waals surface area contributed by atoms with Gasteiger partial charge in [0.05, 0.1) is 5.92 Å². The Morgan fingerprint density at radius 1 is 1.32 bits per heavy atom. The minimum absolute atomic E-state index is 0.229. The maximum Gasteiger partial charge on any atom is 0.342 e. The molecule has 3 rings (SSSR count). The number of fused-ring (bicyclic) bond motifs is 1. The quantitative estimate of drug-likeness (QED) is 0.614. The van der Waals surface area contributed by atoms with Gasteiger partial charge in [0.15, 0.2) is 19.5 Å². The van der Waals surface area contributed by atoms with Crippen LogP contribution in [-0.2, 0) is 18.7 Å². The van der Waals surface area contributed by atoms with Gasteiger partial charge in [-0.15, -0.1) is 0 Å². The topological polar surface area (TPSA) is 65.0 Å². The third-order valence-corrected chi connectivity index (χ3v) is 5.87. The molecule has 0 spiro atoms. The molecule has 2 bridgehead atoms. The summed E-state index contributed by atoms with van der Waals surface area (Å²) in [6, 6.07) is 0. The fraction of sp³-hybridized carbons (Fsp3) is 0.923. The molecule has 0 aromatic heterocycles. The van der Waals surface area contributed by atoms with Crippen molar-refractivity contribution < 1.29 is 23.8 Å². The van der Waals surface area contributed by atoms with Crippen molar-refractivity contribution in [1.82, 2.24) is 0 Å². The Morgan fingerprint density at radius 3 is 2.42 bits per heavy atom. The first kappa shape index (κ1) is 13.5. The van der Waals surface area contributed by atoms with Crippen LogP contribution < -0.4 is 0 Å². The van der Waals surface area contributed by atoms with E-state index in [0.29, 0.717) is 6.42 Å². The van der Waals surface area contributed by atoms with E-state index in [0.717, 1.165) is 0 Å². The standard InChI is InChI=1S/C13H22O5Si/c1-10-7-8-11(2,15)12(3,9(14)16-10)17-13(8,10)18-19(4,5)6/h8,15H,7H2,1-6H3/t8-,10-,11+,12+,13-/m1/s1. The van der Waals surface area contributed by atoms with Crippen molar-refractivity contribution in [3.63, 3.8) is 0 Å². The fourth-order valence-corrected chi connectivity index (χ4v) is 5.02. The molecule has 2 saturated heterocycles. The van der Waals surface area contributed by atoms with Crippen LogP contribution in [0.4, 0.5) is 0 Å². The molecule has 1 aliphatic carbocycles. The Bertz CT molecular complexity index is 470. The monoisotopic (exact) mass is 286 g/mol. The lowest BCUT2D eigenvalue weighted by atomic mass is 9.60. The van der Waals surface area contributed by atoms with Crippen molar-refractivity contribution in [3.05, 3.63) is 0 Å². The van der Waals surface area contributed by atoms with Crippen LogP contribution in [0.15, 0.2) is 0 Å². The first-order valence-electron chi connectivity index (χ1n) is 6.74. The highest BCUT2D eigenvalue weighted by atomic mass is 28.4. The summed E-state index contributed by atoms with van der Waals surface area (Å²) in [5, 5.41) is 10.8. The van der Waals surface area contributed by atoms with Gasteiger partial charge < -0.3 is 19.0 Å². The molecule has 1 N–H and O–H groups in total. The number of esters is 1. The lowest BCUT2D eigenvalue weighted by Gasteiger charge is -2.60. The molecule has 5 atom stereocenters. The second-order valence-corrected chi connectivity index (χ2v) is 12.0. The van der Waals surface area contributed by atoms with E-state index in [1.165, 1.54) is 0 Å². The summed E-state index contributed by atoms with van der Waals surface area (Å²) in [4.78, 5) is 12.2. The van der Waals surface area contributed by atoms with E-state index in [1.54, 1.807) is 13.8 Å². The van der Waals surface area contributed by atoms with E-state index < -0.39 is 36.9 Å². The summed E-state index contributed by atoms with van der Waals surface area (Å²) in [6.07, 6.45) is 0.575. The summed E-state index contributed by atoms with van der Waals surface area (Å²) in [6.45, 7) is 11.3. The average Bonchev–Trinajstić information content (AvgIpc) is 2.27. The molecule has 108 valence electrons. The van der Waals surface area contributed by atoms with Gasteiger partial charge in [-0.05, 0) is 40.4 Å². The number of hydrogen-bond acceptors (Lipinski definition) is 5. The lowest BCUT2D eigenvalue weighted by Crippen LogP contribution is -2.74. The molecule has 2 aliphatic heterocycles. The molecule has 3 aliphatic rings. The maximum atomic E-state index is 12.2. The minimum Gasteiger partial charge on any atom is -0.451 e. The predicted molar refractivity (Wildman–Crippen MR) is 69.9 cm³/mol. The highest BCUT2D eigenvalue weighted by Crippen LogP contribution is 2.69. The van der Waals surface area contributed by atoms with E-state index in [2.05, 4.69) is 19.6 Å². The predicted octanol–water partition coefficient (Wildman–Crippen LogP) is 1.41. The van der Waals surface area contributed by atoms with Crippen LogP contribution in [0.5, 0.6) is 0 Å². The van der Waals surface area contributed by atoms with E-state index in [-0.39, 0.29) is 5.92 Å². The molecular formula is C13H22O5Si. The van der Waals surface area contributed by atoms with Crippen molar-refractivity contribution in [2.45, 2.75) is 69.4 Å². The molecule has 3 fully saturated rings. The number of ether oxygens (including phenoxy) is 2. The summed E-state index contributed by atoms with van der Waals surface area (Å²) in [7, 11) is -1.91. The summed E-state index contributed by atoms with van der Waals surface area (Å²) in [5.41, 5.74) is -3.39. The van der Waals surface area contributed by atoms with Crippen LogP contribution >= 0.6 is 0 Å². The van der Waals surface area contributed by atoms with E-state index in [1.807, 2.05) is 6.92 Å². The molecule has 6 heteroatoms. The van der Waals surface area contributed by atoms with Gasteiger partial charge in [0.1, 0.15) is 5.60 Å². The van der Waals surface area contributed by atoms with Crippen LogP contribution in [0.1, 0.15) is 27.2 Å². The van der Waals surface area contributed by atoms with Crippen LogP contribution in [0.25, 0.3) is 0 Å². The van der Waals surface area contributed by atoms with Crippen molar-refractivity contribution >= 4 is 14.3 Å². The summed E-state index contributed by atoms with van der Waals surface area (Å²) >= 11 is 0. The summed E-state index contributed by atoms with van der Waals surface area (Å²) in [5.74, 6) is -1.70. The molecular weight excluding hydrogens is 264 g/mol. The summed E-state index contributed by atoms with van der Waals surface area (Å²) < 4.78 is 17.9. The van der Waals surface area contributed by atoms with Crippen molar-refractivity contribution in [3.8, 4) is 0 Å². The lowest BCUT2D eigenvalue weighted by molar-refractivity contribution is -0.378. The van der Waals surface area contributed by atoms with Gasteiger partial charge >= 0.3 is 5.97 Å². The second-order valence-electron chi connectivity index (χ2n) is 7.54. The zero-order valence-corrected chi connectivity index (χ0v) is 13.4. The second kappa shape index (κ2) is 3.08. The first-order chi connectivity index (χ1) is 8.38. The first-order valence-corrected chi connectivity index (χ1v) is 10.1. The number of aliphatic hydroxyl groups is 1. The van der Waals surface area contributed by atoms with Crippen LogP contribution in [-0.4, -0.2) is 42.0 Å².